The van der Waals surface area contributed by atoms with Crippen LogP contribution in [0.15, 0.2) is 42.7 Å². The van der Waals surface area contributed by atoms with Crippen molar-refractivity contribution in [3.8, 4) is 0 Å². The molecule has 0 aliphatic carbocycles. The van der Waals surface area contributed by atoms with Gasteiger partial charge in [0.2, 0.25) is 0 Å². The zero-order valence-electron chi connectivity index (χ0n) is 15.6. The minimum Gasteiger partial charge on any atom is -0.354 e. The number of anilines is 1. The van der Waals surface area contributed by atoms with Crippen molar-refractivity contribution in [2.45, 2.75) is 25.3 Å². The van der Waals surface area contributed by atoms with Gasteiger partial charge >= 0.3 is 6.18 Å². The maximum Gasteiger partial charge on any atom is 0.416 e. The lowest BCUT2D eigenvalue weighted by molar-refractivity contribution is -0.137. The van der Waals surface area contributed by atoms with Gasteiger partial charge in [0.15, 0.2) is 0 Å². The second-order valence-corrected chi connectivity index (χ2v) is 8.39. The summed E-state index contributed by atoms with van der Waals surface area (Å²) in [6.45, 7) is 5.69. The molecule has 4 rings (SSSR count). The fourth-order valence-electron chi connectivity index (χ4n) is 3.48. The summed E-state index contributed by atoms with van der Waals surface area (Å²) < 4.78 is 38.5. The lowest BCUT2D eigenvalue weighted by atomic mass is 10.1. The number of fused-ring (bicyclic) bond motifs is 1. The lowest BCUT2D eigenvalue weighted by Gasteiger charge is -2.34. The van der Waals surface area contributed by atoms with Crippen molar-refractivity contribution in [2.24, 2.45) is 0 Å². The van der Waals surface area contributed by atoms with E-state index in [1.54, 1.807) is 30.2 Å². The van der Waals surface area contributed by atoms with E-state index in [4.69, 9.17) is 0 Å². The van der Waals surface area contributed by atoms with E-state index in [0.717, 1.165) is 34.6 Å². The third-order valence-corrected chi connectivity index (χ3v) is 6.45. The molecule has 0 N–H and O–H groups in total. The molecular weight excluding hydrogens is 383 g/mol. The van der Waals surface area contributed by atoms with E-state index in [-0.39, 0.29) is 5.25 Å². The fourth-order valence-corrected chi connectivity index (χ4v) is 4.73. The molecule has 0 saturated carbocycles. The molecule has 2 heterocycles. The second-order valence-electron chi connectivity index (χ2n) is 7.08. The Morgan fingerprint density at radius 2 is 1.75 bits per heavy atom. The number of nitrogens with zero attached hydrogens (tertiary/aromatic N) is 3. The number of thioether (sulfide) groups is 1. The van der Waals surface area contributed by atoms with Gasteiger partial charge in [0.1, 0.15) is 12.1 Å². The zero-order valence-corrected chi connectivity index (χ0v) is 16.4. The average molecular weight is 403 g/mol. The molecule has 1 fully saturated rings. The molecule has 0 amide bonds. The van der Waals surface area contributed by atoms with Crippen LogP contribution in [0.25, 0.3) is 10.9 Å². The van der Waals surface area contributed by atoms with Crippen molar-refractivity contribution in [1.29, 1.82) is 0 Å². The van der Waals surface area contributed by atoms with Gasteiger partial charge in [-0.05, 0) is 54.8 Å². The van der Waals surface area contributed by atoms with Crippen molar-refractivity contribution >= 4 is 28.5 Å². The predicted octanol–water partition coefficient (Wildman–Crippen LogP) is 5.56. The second kappa shape index (κ2) is 7.28. The topological polar surface area (TPSA) is 29.0 Å². The Morgan fingerprint density at radius 3 is 2.46 bits per heavy atom. The zero-order chi connectivity index (χ0) is 19.9. The Morgan fingerprint density at radius 1 is 1.04 bits per heavy atom. The van der Waals surface area contributed by atoms with E-state index in [2.05, 4.69) is 40.8 Å². The highest BCUT2D eigenvalue weighted by atomic mass is 32.2. The van der Waals surface area contributed by atoms with E-state index in [0.29, 0.717) is 6.54 Å². The van der Waals surface area contributed by atoms with Crippen molar-refractivity contribution in [3.05, 3.63) is 65.0 Å². The number of alkyl halides is 3. The molecule has 1 aliphatic heterocycles. The monoisotopic (exact) mass is 403 g/mol. The largest absolute Gasteiger partial charge is 0.416 e. The first-order valence-corrected chi connectivity index (χ1v) is 10.1. The SMILES string of the molecule is Cc1cc2ncnc(N3CCSC(c4ccc(C(F)(F)F)cc4)C3)c2cc1C. The van der Waals surface area contributed by atoms with Crippen LogP contribution in [0.2, 0.25) is 0 Å². The molecule has 3 aromatic rings. The smallest absolute Gasteiger partial charge is 0.354 e. The first-order chi connectivity index (χ1) is 13.3. The summed E-state index contributed by atoms with van der Waals surface area (Å²) in [6.07, 6.45) is -2.72. The van der Waals surface area contributed by atoms with E-state index in [1.807, 2.05) is 0 Å². The van der Waals surface area contributed by atoms with Crippen molar-refractivity contribution in [1.82, 2.24) is 9.97 Å². The quantitative estimate of drug-likeness (QED) is 0.560. The molecule has 1 aromatic heterocycles. The Hall–Kier alpha value is -2.28. The van der Waals surface area contributed by atoms with Crippen molar-refractivity contribution in [2.75, 3.05) is 23.7 Å². The maximum atomic E-state index is 12.8. The molecule has 1 atom stereocenters. The number of hydrogen-bond donors (Lipinski definition) is 0. The minimum absolute atomic E-state index is 0.104. The van der Waals surface area contributed by atoms with Crippen LogP contribution in [0.3, 0.4) is 0 Å². The molecule has 0 radical (unpaired) electrons. The van der Waals surface area contributed by atoms with Crippen molar-refractivity contribution in [3.63, 3.8) is 0 Å². The highest BCUT2D eigenvalue weighted by molar-refractivity contribution is 7.99. The van der Waals surface area contributed by atoms with Gasteiger partial charge in [0, 0.05) is 29.5 Å². The first kappa shape index (κ1) is 19.1. The molecule has 1 aliphatic rings. The number of hydrogen-bond acceptors (Lipinski definition) is 4. The third kappa shape index (κ3) is 3.68. The number of rotatable bonds is 2. The Kier molecular flexibility index (Phi) is 4.95. The van der Waals surface area contributed by atoms with E-state index in [1.165, 1.54) is 23.3 Å². The molecule has 2 aromatic carbocycles. The van der Waals surface area contributed by atoms with Crippen LogP contribution in [0.5, 0.6) is 0 Å². The van der Waals surface area contributed by atoms with Gasteiger partial charge in [-0.1, -0.05) is 12.1 Å². The predicted molar refractivity (Wildman–Crippen MR) is 108 cm³/mol. The summed E-state index contributed by atoms with van der Waals surface area (Å²) in [7, 11) is 0. The summed E-state index contributed by atoms with van der Waals surface area (Å²) in [5.41, 5.74) is 3.59. The minimum atomic E-state index is -4.31. The van der Waals surface area contributed by atoms with Crippen LogP contribution in [0.1, 0.15) is 27.5 Å². The molecule has 3 nitrogen and oxygen atoms in total. The molecule has 1 unspecified atom stereocenters. The Balaban J connectivity index is 1.63. The lowest BCUT2D eigenvalue weighted by Crippen LogP contribution is -2.35. The van der Waals surface area contributed by atoms with Gasteiger partial charge in [-0.25, -0.2) is 9.97 Å². The molecule has 7 heteroatoms. The summed E-state index contributed by atoms with van der Waals surface area (Å²) in [4.78, 5) is 11.2. The molecular formula is C21H20F3N3S. The van der Waals surface area contributed by atoms with Crippen LogP contribution in [-0.4, -0.2) is 28.8 Å². The summed E-state index contributed by atoms with van der Waals surface area (Å²) in [6, 6.07) is 9.71. The first-order valence-electron chi connectivity index (χ1n) is 9.08. The standard InChI is InChI=1S/C21H20F3N3S/c1-13-9-17-18(10-14(13)2)25-12-26-20(17)27-7-8-28-19(11-27)15-3-5-16(6-4-15)21(22,23)24/h3-6,9-10,12,19H,7-8,11H2,1-2H3. The van der Waals surface area contributed by atoms with Crippen LogP contribution in [0.4, 0.5) is 19.0 Å². The number of aromatic nitrogens is 2. The van der Waals surface area contributed by atoms with Gasteiger partial charge in [-0.15, -0.1) is 0 Å². The van der Waals surface area contributed by atoms with E-state index in [9.17, 15) is 13.2 Å². The normalized spacial score (nSPS) is 17.9. The summed E-state index contributed by atoms with van der Waals surface area (Å²) in [5, 5.41) is 1.12. The highest BCUT2D eigenvalue weighted by Crippen LogP contribution is 2.38. The van der Waals surface area contributed by atoms with Gasteiger partial charge in [0.05, 0.1) is 11.1 Å². The summed E-state index contributed by atoms with van der Waals surface area (Å²) in [5.74, 6) is 1.78. The van der Waals surface area contributed by atoms with Crippen molar-refractivity contribution < 1.29 is 13.2 Å². The third-order valence-electron chi connectivity index (χ3n) is 5.21. The number of benzene rings is 2. The number of halogens is 3. The Bertz CT molecular complexity index is 1000. The summed E-state index contributed by atoms with van der Waals surface area (Å²) >= 11 is 1.77. The van der Waals surface area contributed by atoms with Gasteiger partial charge in [-0.3, -0.25) is 0 Å². The van der Waals surface area contributed by atoms with E-state index < -0.39 is 11.7 Å². The maximum absolute atomic E-state index is 12.8. The molecule has 0 spiro atoms. The molecule has 1 saturated heterocycles. The number of aryl methyl sites for hydroxylation is 2. The van der Waals surface area contributed by atoms with Crippen LogP contribution in [0, 0.1) is 13.8 Å². The van der Waals surface area contributed by atoms with Crippen LogP contribution < -0.4 is 4.90 Å². The van der Waals surface area contributed by atoms with Gasteiger partial charge in [-0.2, -0.15) is 24.9 Å². The van der Waals surface area contributed by atoms with Gasteiger partial charge < -0.3 is 4.90 Å². The molecule has 146 valence electrons. The Labute approximate surface area is 166 Å². The van der Waals surface area contributed by atoms with Gasteiger partial charge in [0.25, 0.3) is 0 Å². The van der Waals surface area contributed by atoms with Crippen LogP contribution >= 0.6 is 11.8 Å². The molecule has 28 heavy (non-hydrogen) atoms. The fraction of sp³-hybridized carbons (Fsp3) is 0.333. The molecule has 0 bridgehead atoms. The van der Waals surface area contributed by atoms with Crippen LogP contribution in [-0.2, 0) is 6.18 Å². The van der Waals surface area contributed by atoms with E-state index >= 15 is 0 Å². The highest BCUT2D eigenvalue weighted by Gasteiger charge is 2.31. The average Bonchev–Trinajstić information content (AvgIpc) is 2.68.